The molecule has 1 aliphatic heterocycles. The molecular weight excluding hydrogens is 355 g/mol. The predicted molar refractivity (Wildman–Crippen MR) is 98.5 cm³/mol. The van der Waals surface area contributed by atoms with Gasteiger partial charge in [-0.1, -0.05) is 0 Å². The normalized spacial score (nSPS) is 14.7. The summed E-state index contributed by atoms with van der Waals surface area (Å²) in [7, 11) is 0. The molecule has 0 radical (unpaired) electrons. The lowest BCUT2D eigenvalue weighted by Crippen LogP contribution is -2.50. The number of carbonyl (C=O) groups is 2. The third-order valence-electron chi connectivity index (χ3n) is 3.85. The summed E-state index contributed by atoms with van der Waals surface area (Å²) in [6, 6.07) is 4.46. The van der Waals surface area contributed by atoms with Crippen molar-refractivity contribution in [1.29, 1.82) is 0 Å². The first-order valence-electron chi connectivity index (χ1n) is 9.00. The van der Waals surface area contributed by atoms with Gasteiger partial charge in [0.05, 0.1) is 12.3 Å². The van der Waals surface area contributed by atoms with Gasteiger partial charge in [-0.2, -0.15) is 0 Å². The van der Waals surface area contributed by atoms with Crippen LogP contribution in [0.25, 0.3) is 0 Å². The van der Waals surface area contributed by atoms with E-state index in [4.69, 9.17) is 14.2 Å². The molecule has 0 spiro atoms. The number of carbonyl (C=O) groups excluding carboxylic acids is 2. The third kappa shape index (κ3) is 6.30. The maximum atomic E-state index is 14.4. The van der Waals surface area contributed by atoms with E-state index in [1.807, 2.05) is 25.7 Å². The van der Waals surface area contributed by atoms with Crippen molar-refractivity contribution in [2.45, 2.75) is 33.3 Å². The first kappa shape index (κ1) is 20.8. The SMILES string of the molecule is CCOC(=O)COc1ccc(N2CCN(C(=O)OC(C)(C)C)CC2)c(F)c1. The minimum Gasteiger partial charge on any atom is -0.482 e. The second kappa shape index (κ2) is 8.92. The van der Waals surface area contributed by atoms with Gasteiger partial charge in [0, 0.05) is 32.2 Å². The molecule has 2 rings (SSSR count). The highest BCUT2D eigenvalue weighted by molar-refractivity contribution is 5.71. The van der Waals surface area contributed by atoms with Gasteiger partial charge in [0.25, 0.3) is 0 Å². The summed E-state index contributed by atoms with van der Waals surface area (Å²) in [5.41, 5.74) is -0.109. The van der Waals surface area contributed by atoms with E-state index in [9.17, 15) is 14.0 Å². The van der Waals surface area contributed by atoms with E-state index in [1.54, 1.807) is 24.0 Å². The van der Waals surface area contributed by atoms with Gasteiger partial charge in [-0.05, 0) is 39.8 Å². The standard InChI is InChI=1S/C19H27FN2O5/c1-5-25-17(23)13-26-14-6-7-16(15(20)12-14)21-8-10-22(11-9-21)18(24)27-19(2,3)4/h6-7,12H,5,8-11,13H2,1-4H3. The summed E-state index contributed by atoms with van der Waals surface area (Å²) in [4.78, 5) is 26.9. The molecule has 1 saturated heterocycles. The zero-order chi connectivity index (χ0) is 20.0. The number of hydrogen-bond donors (Lipinski definition) is 0. The van der Waals surface area contributed by atoms with Crippen molar-refractivity contribution in [2.24, 2.45) is 0 Å². The van der Waals surface area contributed by atoms with Crippen molar-refractivity contribution in [1.82, 2.24) is 4.90 Å². The smallest absolute Gasteiger partial charge is 0.410 e. The molecule has 0 atom stereocenters. The lowest BCUT2D eigenvalue weighted by molar-refractivity contribution is -0.145. The number of halogens is 1. The Bertz CT molecular complexity index is 667. The van der Waals surface area contributed by atoms with Crippen LogP contribution in [0.2, 0.25) is 0 Å². The highest BCUT2D eigenvalue weighted by Crippen LogP contribution is 2.25. The fourth-order valence-electron chi connectivity index (χ4n) is 2.64. The van der Waals surface area contributed by atoms with Crippen molar-refractivity contribution in [3.8, 4) is 5.75 Å². The first-order chi connectivity index (χ1) is 12.7. The van der Waals surface area contributed by atoms with E-state index in [0.29, 0.717) is 31.9 Å². The molecule has 0 bridgehead atoms. The molecule has 1 heterocycles. The van der Waals surface area contributed by atoms with E-state index < -0.39 is 17.4 Å². The second-order valence-electron chi connectivity index (χ2n) is 7.16. The number of rotatable bonds is 5. The Kier molecular flexibility index (Phi) is 6.87. The Morgan fingerprint density at radius 1 is 1.15 bits per heavy atom. The summed E-state index contributed by atoms with van der Waals surface area (Å²) < 4.78 is 29.8. The van der Waals surface area contributed by atoms with Crippen LogP contribution in [0.4, 0.5) is 14.9 Å². The zero-order valence-corrected chi connectivity index (χ0v) is 16.3. The molecule has 7 nitrogen and oxygen atoms in total. The number of nitrogens with zero attached hydrogens (tertiary/aromatic N) is 2. The van der Waals surface area contributed by atoms with Gasteiger partial charge in [0.2, 0.25) is 0 Å². The van der Waals surface area contributed by atoms with Crippen molar-refractivity contribution in [3.63, 3.8) is 0 Å². The summed E-state index contributed by atoms with van der Waals surface area (Å²) in [5.74, 6) is -0.681. The van der Waals surface area contributed by atoms with Gasteiger partial charge in [-0.3, -0.25) is 0 Å². The van der Waals surface area contributed by atoms with Crippen LogP contribution >= 0.6 is 0 Å². The fraction of sp³-hybridized carbons (Fsp3) is 0.579. The number of piperazine rings is 1. The maximum absolute atomic E-state index is 14.4. The van der Waals surface area contributed by atoms with Crippen molar-refractivity contribution in [2.75, 3.05) is 44.3 Å². The van der Waals surface area contributed by atoms with Gasteiger partial charge in [-0.25, -0.2) is 14.0 Å². The van der Waals surface area contributed by atoms with E-state index in [1.165, 1.54) is 6.07 Å². The number of hydrogen-bond acceptors (Lipinski definition) is 6. The molecule has 0 aliphatic carbocycles. The molecule has 0 N–H and O–H groups in total. The monoisotopic (exact) mass is 382 g/mol. The Hall–Kier alpha value is -2.51. The second-order valence-corrected chi connectivity index (χ2v) is 7.16. The zero-order valence-electron chi connectivity index (χ0n) is 16.3. The Balaban J connectivity index is 1.90. The molecule has 150 valence electrons. The summed E-state index contributed by atoms with van der Waals surface area (Å²) in [6.45, 7) is 9.08. The first-order valence-corrected chi connectivity index (χ1v) is 9.00. The number of anilines is 1. The summed E-state index contributed by atoms with van der Waals surface area (Å²) >= 11 is 0. The maximum Gasteiger partial charge on any atom is 0.410 e. The highest BCUT2D eigenvalue weighted by Gasteiger charge is 2.26. The summed E-state index contributed by atoms with van der Waals surface area (Å²) in [5, 5.41) is 0. The minimum atomic E-state index is -0.542. The molecule has 1 amide bonds. The lowest BCUT2D eigenvalue weighted by Gasteiger charge is -2.36. The highest BCUT2D eigenvalue weighted by atomic mass is 19.1. The molecule has 1 aromatic carbocycles. The predicted octanol–water partition coefficient (Wildman–Crippen LogP) is 2.82. The lowest BCUT2D eigenvalue weighted by atomic mass is 10.2. The molecule has 1 aliphatic rings. The third-order valence-corrected chi connectivity index (χ3v) is 3.85. The largest absolute Gasteiger partial charge is 0.482 e. The molecule has 27 heavy (non-hydrogen) atoms. The number of amides is 1. The van der Waals surface area contributed by atoms with Crippen LogP contribution in [0.1, 0.15) is 27.7 Å². The van der Waals surface area contributed by atoms with Gasteiger partial charge >= 0.3 is 12.1 Å². The van der Waals surface area contributed by atoms with Crippen molar-refractivity contribution >= 4 is 17.7 Å². The van der Waals surface area contributed by atoms with Crippen LogP contribution in [0.3, 0.4) is 0 Å². The van der Waals surface area contributed by atoms with Crippen LogP contribution in [-0.4, -0.2) is 62.0 Å². The molecule has 0 unspecified atom stereocenters. The van der Waals surface area contributed by atoms with E-state index in [2.05, 4.69) is 0 Å². The van der Waals surface area contributed by atoms with Gasteiger partial charge in [0.1, 0.15) is 17.2 Å². The molecule has 8 heteroatoms. The van der Waals surface area contributed by atoms with Crippen molar-refractivity contribution in [3.05, 3.63) is 24.0 Å². The number of esters is 1. The van der Waals surface area contributed by atoms with E-state index in [0.717, 1.165) is 0 Å². The quantitative estimate of drug-likeness (QED) is 0.730. The number of benzene rings is 1. The van der Waals surface area contributed by atoms with Crippen LogP contribution in [0.5, 0.6) is 5.75 Å². The van der Waals surface area contributed by atoms with Crippen molar-refractivity contribution < 1.29 is 28.2 Å². The van der Waals surface area contributed by atoms with Gasteiger partial charge in [0.15, 0.2) is 6.61 Å². The molecule has 1 aromatic rings. The Morgan fingerprint density at radius 2 is 1.81 bits per heavy atom. The average Bonchev–Trinajstić information content (AvgIpc) is 2.59. The van der Waals surface area contributed by atoms with E-state index in [-0.39, 0.29) is 25.1 Å². The van der Waals surface area contributed by atoms with Crippen LogP contribution < -0.4 is 9.64 Å². The van der Waals surface area contributed by atoms with Gasteiger partial charge < -0.3 is 24.0 Å². The minimum absolute atomic E-state index is 0.261. The van der Waals surface area contributed by atoms with Crippen LogP contribution in [0, 0.1) is 5.82 Å². The Labute approximate surface area is 159 Å². The number of ether oxygens (including phenoxy) is 3. The van der Waals surface area contributed by atoms with Crippen LogP contribution in [-0.2, 0) is 14.3 Å². The molecule has 0 aromatic heterocycles. The molecule has 1 fully saturated rings. The molecule has 0 saturated carbocycles. The molecular formula is C19H27FN2O5. The Morgan fingerprint density at radius 3 is 2.37 bits per heavy atom. The average molecular weight is 382 g/mol. The van der Waals surface area contributed by atoms with Crippen LogP contribution in [0.15, 0.2) is 18.2 Å². The fourth-order valence-corrected chi connectivity index (χ4v) is 2.64. The van der Waals surface area contributed by atoms with Gasteiger partial charge in [-0.15, -0.1) is 0 Å². The van der Waals surface area contributed by atoms with E-state index >= 15 is 0 Å². The summed E-state index contributed by atoms with van der Waals surface area (Å²) in [6.07, 6.45) is -0.356. The topological polar surface area (TPSA) is 68.3 Å².